The number of methoxy groups -OCH3 is 1. The number of hydrogen-bond donors (Lipinski definition) is 2. The van der Waals surface area contributed by atoms with E-state index in [0.29, 0.717) is 32.1 Å². The predicted molar refractivity (Wildman–Crippen MR) is 64.7 cm³/mol. The fourth-order valence-corrected chi connectivity index (χ4v) is 1.17. The van der Waals surface area contributed by atoms with E-state index in [-0.39, 0.29) is 11.6 Å². The summed E-state index contributed by atoms with van der Waals surface area (Å²) < 4.78 is 4.81. The van der Waals surface area contributed by atoms with Crippen LogP contribution in [0.5, 0.6) is 0 Å². The van der Waals surface area contributed by atoms with Crippen molar-refractivity contribution in [3.63, 3.8) is 0 Å². The van der Waals surface area contributed by atoms with Gasteiger partial charge in [-0.05, 0) is 6.07 Å². The summed E-state index contributed by atoms with van der Waals surface area (Å²) in [5, 5.41) is 14.2. The lowest BCUT2D eigenvalue weighted by atomic mass is 10.4. The van der Waals surface area contributed by atoms with Gasteiger partial charge in [-0.1, -0.05) is 0 Å². The Morgan fingerprint density at radius 3 is 3.11 bits per heavy atom. The summed E-state index contributed by atoms with van der Waals surface area (Å²) in [6, 6.07) is 3.43. The molecule has 1 aromatic heterocycles. The molecule has 0 saturated heterocycles. The van der Waals surface area contributed by atoms with E-state index >= 15 is 0 Å². The third kappa shape index (κ3) is 5.23. The number of nitrogens with zero attached hydrogens (tertiary/aromatic N) is 3. The van der Waals surface area contributed by atoms with Gasteiger partial charge in [-0.25, -0.2) is 9.97 Å². The Morgan fingerprint density at radius 2 is 2.39 bits per heavy atom. The Hall–Kier alpha value is -2.20. The number of anilines is 1. The first kappa shape index (κ1) is 13.9. The second kappa shape index (κ2) is 7.97. The fourth-order valence-electron chi connectivity index (χ4n) is 1.17. The average Bonchev–Trinajstić information content (AvgIpc) is 2.39. The van der Waals surface area contributed by atoms with Crippen LogP contribution in [0.1, 0.15) is 12.1 Å². The molecule has 1 amide bonds. The van der Waals surface area contributed by atoms with Crippen molar-refractivity contribution in [1.82, 2.24) is 15.3 Å². The predicted octanol–water partition coefficient (Wildman–Crippen LogP) is -0.0871. The second-order valence-corrected chi connectivity index (χ2v) is 3.40. The van der Waals surface area contributed by atoms with Crippen LogP contribution in [0.3, 0.4) is 0 Å². The van der Waals surface area contributed by atoms with Crippen LogP contribution < -0.4 is 10.6 Å². The molecule has 0 saturated carbocycles. The van der Waals surface area contributed by atoms with Gasteiger partial charge in [-0.2, -0.15) is 5.26 Å². The van der Waals surface area contributed by atoms with Gasteiger partial charge in [0, 0.05) is 32.8 Å². The van der Waals surface area contributed by atoms with Crippen molar-refractivity contribution in [2.75, 3.05) is 32.1 Å². The van der Waals surface area contributed by atoms with E-state index in [1.165, 1.54) is 12.3 Å². The molecule has 1 rings (SSSR count). The van der Waals surface area contributed by atoms with Crippen molar-refractivity contribution < 1.29 is 9.53 Å². The number of amides is 1. The van der Waals surface area contributed by atoms with E-state index in [1.807, 2.05) is 6.07 Å². The molecule has 0 spiro atoms. The van der Waals surface area contributed by atoms with Gasteiger partial charge in [0.05, 0.1) is 6.61 Å². The SMILES string of the molecule is COCCNC(=O)CCNc1nccc(C#N)n1. The quantitative estimate of drug-likeness (QED) is 0.655. The molecular weight excluding hydrogens is 234 g/mol. The van der Waals surface area contributed by atoms with Crippen molar-refractivity contribution in [2.45, 2.75) is 6.42 Å². The highest BCUT2D eigenvalue weighted by atomic mass is 16.5. The van der Waals surface area contributed by atoms with Gasteiger partial charge < -0.3 is 15.4 Å². The molecule has 0 aliphatic carbocycles. The largest absolute Gasteiger partial charge is 0.383 e. The summed E-state index contributed by atoms with van der Waals surface area (Å²) in [4.78, 5) is 19.2. The lowest BCUT2D eigenvalue weighted by Crippen LogP contribution is -2.28. The first-order chi connectivity index (χ1) is 8.76. The lowest BCUT2D eigenvalue weighted by Gasteiger charge is -2.05. The minimum Gasteiger partial charge on any atom is -0.383 e. The number of carbonyl (C=O) groups excluding carboxylic acids is 1. The topological polar surface area (TPSA) is 99.9 Å². The van der Waals surface area contributed by atoms with Gasteiger partial charge in [0.1, 0.15) is 11.8 Å². The Balaban J connectivity index is 2.24. The van der Waals surface area contributed by atoms with Crippen molar-refractivity contribution in [3.8, 4) is 6.07 Å². The molecule has 18 heavy (non-hydrogen) atoms. The molecule has 0 atom stereocenters. The van der Waals surface area contributed by atoms with E-state index in [1.54, 1.807) is 7.11 Å². The highest BCUT2D eigenvalue weighted by Crippen LogP contribution is 1.98. The standard InChI is InChI=1S/C11H15N5O2/c1-18-7-6-13-10(17)3-5-15-11-14-4-2-9(8-12)16-11/h2,4H,3,5-7H2,1H3,(H,13,17)(H,14,15,16). The Bertz CT molecular complexity index is 430. The second-order valence-electron chi connectivity index (χ2n) is 3.40. The van der Waals surface area contributed by atoms with Crippen LogP contribution in [0.15, 0.2) is 12.3 Å². The number of aromatic nitrogens is 2. The Morgan fingerprint density at radius 1 is 1.56 bits per heavy atom. The molecule has 0 fully saturated rings. The molecule has 0 bridgehead atoms. The van der Waals surface area contributed by atoms with Crippen LogP contribution in [0.4, 0.5) is 5.95 Å². The maximum Gasteiger partial charge on any atom is 0.223 e. The first-order valence-electron chi connectivity index (χ1n) is 5.49. The van der Waals surface area contributed by atoms with Gasteiger partial charge in [-0.3, -0.25) is 4.79 Å². The van der Waals surface area contributed by atoms with Crippen LogP contribution in [0.2, 0.25) is 0 Å². The molecule has 0 aliphatic heterocycles. The highest BCUT2D eigenvalue weighted by molar-refractivity contribution is 5.76. The first-order valence-corrected chi connectivity index (χ1v) is 5.49. The number of ether oxygens (including phenoxy) is 1. The Labute approximate surface area is 105 Å². The van der Waals surface area contributed by atoms with E-state index in [0.717, 1.165) is 0 Å². The van der Waals surface area contributed by atoms with Crippen molar-refractivity contribution in [3.05, 3.63) is 18.0 Å². The highest BCUT2D eigenvalue weighted by Gasteiger charge is 2.01. The van der Waals surface area contributed by atoms with Crippen molar-refractivity contribution in [1.29, 1.82) is 5.26 Å². The third-order valence-electron chi connectivity index (χ3n) is 2.03. The zero-order valence-electron chi connectivity index (χ0n) is 10.1. The zero-order chi connectivity index (χ0) is 13.2. The monoisotopic (exact) mass is 249 g/mol. The maximum atomic E-state index is 11.3. The number of hydrogen-bond acceptors (Lipinski definition) is 6. The summed E-state index contributed by atoms with van der Waals surface area (Å²) in [5.74, 6) is 0.273. The van der Waals surface area contributed by atoms with Crippen LogP contribution in [-0.2, 0) is 9.53 Å². The lowest BCUT2D eigenvalue weighted by molar-refractivity contribution is -0.121. The molecule has 0 unspecified atom stereocenters. The summed E-state index contributed by atoms with van der Waals surface area (Å²) in [5.41, 5.74) is 0.289. The Kier molecular flexibility index (Phi) is 6.14. The molecule has 0 aromatic carbocycles. The number of nitrogens with one attached hydrogen (secondary N) is 2. The number of nitriles is 1. The smallest absolute Gasteiger partial charge is 0.223 e. The summed E-state index contributed by atoms with van der Waals surface area (Å²) in [7, 11) is 1.58. The van der Waals surface area contributed by atoms with Crippen LogP contribution in [0, 0.1) is 11.3 Å². The minimum atomic E-state index is -0.0732. The summed E-state index contributed by atoms with van der Waals surface area (Å²) in [6.45, 7) is 1.40. The van der Waals surface area contributed by atoms with Gasteiger partial charge in [0.25, 0.3) is 0 Å². The molecule has 1 heterocycles. The van der Waals surface area contributed by atoms with Gasteiger partial charge in [-0.15, -0.1) is 0 Å². The van der Waals surface area contributed by atoms with Crippen LogP contribution in [-0.4, -0.2) is 42.7 Å². The van der Waals surface area contributed by atoms with Gasteiger partial charge in [0.2, 0.25) is 11.9 Å². The summed E-state index contributed by atoms with van der Waals surface area (Å²) in [6.07, 6.45) is 1.80. The van der Waals surface area contributed by atoms with Crippen LogP contribution >= 0.6 is 0 Å². The van der Waals surface area contributed by atoms with E-state index < -0.39 is 0 Å². The molecule has 7 heteroatoms. The van der Waals surface area contributed by atoms with E-state index in [2.05, 4.69) is 20.6 Å². The fraction of sp³-hybridized carbons (Fsp3) is 0.455. The normalized spacial score (nSPS) is 9.56. The van der Waals surface area contributed by atoms with Crippen LogP contribution in [0.25, 0.3) is 0 Å². The average molecular weight is 249 g/mol. The van der Waals surface area contributed by atoms with Gasteiger partial charge in [0.15, 0.2) is 0 Å². The van der Waals surface area contributed by atoms with E-state index in [4.69, 9.17) is 10.00 Å². The van der Waals surface area contributed by atoms with Gasteiger partial charge >= 0.3 is 0 Å². The zero-order valence-corrected chi connectivity index (χ0v) is 10.1. The van der Waals surface area contributed by atoms with Crippen molar-refractivity contribution >= 4 is 11.9 Å². The molecule has 7 nitrogen and oxygen atoms in total. The molecule has 1 aromatic rings. The summed E-state index contributed by atoms with van der Waals surface area (Å²) >= 11 is 0. The third-order valence-corrected chi connectivity index (χ3v) is 2.03. The van der Waals surface area contributed by atoms with Crippen molar-refractivity contribution in [2.24, 2.45) is 0 Å². The molecule has 0 radical (unpaired) electrons. The minimum absolute atomic E-state index is 0.0732. The number of rotatable bonds is 7. The molecule has 2 N–H and O–H groups in total. The number of carbonyl (C=O) groups is 1. The maximum absolute atomic E-state index is 11.3. The molecular formula is C11H15N5O2. The molecule has 96 valence electrons. The molecule has 0 aliphatic rings. The van der Waals surface area contributed by atoms with E-state index in [9.17, 15) is 4.79 Å².